The first-order valence-electron chi connectivity index (χ1n) is 4.90. The van der Waals surface area contributed by atoms with Crippen LogP contribution in [0.4, 0.5) is 0 Å². The third-order valence-corrected chi connectivity index (χ3v) is 3.20. The maximum Gasteiger partial charge on any atom is 0.246 e. The second-order valence-electron chi connectivity index (χ2n) is 3.69. The Bertz CT molecular complexity index is 478. The molecule has 0 radical (unpaired) electrons. The third kappa shape index (κ3) is 1.99. The lowest BCUT2D eigenvalue weighted by atomic mass is 10.2. The lowest BCUT2D eigenvalue weighted by Gasteiger charge is -2.08. The number of nitrogens with zero attached hydrogens (tertiary/aromatic N) is 2. The van der Waals surface area contributed by atoms with E-state index in [0.717, 1.165) is 11.1 Å². The van der Waals surface area contributed by atoms with E-state index in [9.17, 15) is 5.11 Å². The summed E-state index contributed by atoms with van der Waals surface area (Å²) in [4.78, 5) is 4.18. The van der Waals surface area contributed by atoms with Crippen LogP contribution in [0.3, 0.4) is 0 Å². The van der Waals surface area contributed by atoms with Gasteiger partial charge in [0.25, 0.3) is 0 Å². The highest BCUT2D eigenvalue weighted by Crippen LogP contribution is 2.25. The average Bonchev–Trinajstić information content (AvgIpc) is 2.84. The predicted molar refractivity (Wildman–Crippen MR) is 61.0 cm³/mol. The van der Waals surface area contributed by atoms with E-state index in [-0.39, 0.29) is 5.89 Å². The lowest BCUT2D eigenvalue weighted by molar-refractivity contribution is 0.146. The van der Waals surface area contributed by atoms with Crippen LogP contribution in [0.5, 0.6) is 0 Å². The summed E-state index contributed by atoms with van der Waals surface area (Å²) in [6.45, 7) is 3.57. The molecule has 2 unspecified atom stereocenters. The summed E-state index contributed by atoms with van der Waals surface area (Å²) in [5.41, 5.74) is 7.74. The zero-order valence-corrected chi connectivity index (χ0v) is 9.86. The van der Waals surface area contributed by atoms with Crippen LogP contribution in [0.1, 0.15) is 24.4 Å². The van der Waals surface area contributed by atoms with Crippen LogP contribution in [0.15, 0.2) is 15.3 Å². The first-order valence-corrected chi connectivity index (χ1v) is 5.84. The molecule has 0 saturated heterocycles. The Morgan fingerprint density at radius 2 is 2.25 bits per heavy atom. The highest BCUT2D eigenvalue weighted by molar-refractivity contribution is 7.08. The van der Waals surface area contributed by atoms with Crippen LogP contribution in [0, 0.1) is 6.92 Å². The molecule has 2 aromatic heterocycles. The highest BCUT2D eigenvalue weighted by atomic mass is 32.1. The number of aliphatic hydroxyl groups excluding tert-OH is 1. The number of rotatable bonds is 3. The van der Waals surface area contributed by atoms with Gasteiger partial charge in [-0.15, -0.1) is 0 Å². The van der Waals surface area contributed by atoms with E-state index in [1.807, 2.05) is 17.7 Å². The fourth-order valence-electron chi connectivity index (χ4n) is 1.28. The molecule has 3 N–H and O–H groups in total. The van der Waals surface area contributed by atoms with Gasteiger partial charge in [0, 0.05) is 10.9 Å². The van der Waals surface area contributed by atoms with Crippen LogP contribution >= 0.6 is 11.3 Å². The molecule has 0 saturated carbocycles. The van der Waals surface area contributed by atoms with Crippen molar-refractivity contribution in [3.05, 3.63) is 22.2 Å². The van der Waals surface area contributed by atoms with Crippen LogP contribution < -0.4 is 5.73 Å². The van der Waals surface area contributed by atoms with Crippen LogP contribution in [-0.2, 0) is 0 Å². The van der Waals surface area contributed by atoms with E-state index >= 15 is 0 Å². The zero-order valence-electron chi connectivity index (χ0n) is 9.04. The van der Waals surface area contributed by atoms with Crippen molar-refractivity contribution in [2.45, 2.75) is 26.0 Å². The molecule has 0 bridgehead atoms. The second-order valence-corrected chi connectivity index (χ2v) is 4.43. The summed E-state index contributed by atoms with van der Waals surface area (Å²) in [6.07, 6.45) is -0.711. The largest absolute Gasteiger partial charge is 0.391 e. The normalized spacial score (nSPS) is 15.0. The molecule has 5 nitrogen and oxygen atoms in total. The molecule has 0 aliphatic carbocycles. The zero-order chi connectivity index (χ0) is 11.7. The van der Waals surface area contributed by atoms with Gasteiger partial charge in [-0.3, -0.25) is 0 Å². The van der Waals surface area contributed by atoms with Crippen LogP contribution in [0.2, 0.25) is 0 Å². The summed E-state index contributed by atoms with van der Waals surface area (Å²) in [5, 5.41) is 17.1. The summed E-state index contributed by atoms with van der Waals surface area (Å²) in [5.74, 6) is 0.778. The average molecular weight is 239 g/mol. The molecule has 0 aliphatic heterocycles. The second kappa shape index (κ2) is 4.32. The summed E-state index contributed by atoms with van der Waals surface area (Å²) >= 11 is 1.58. The van der Waals surface area contributed by atoms with Gasteiger partial charge in [-0.1, -0.05) is 5.16 Å². The molecule has 6 heteroatoms. The number of thiophene rings is 1. The molecule has 2 atom stereocenters. The fraction of sp³-hybridized carbons (Fsp3) is 0.400. The maximum absolute atomic E-state index is 9.32. The molecular formula is C10H13N3O2S. The number of hydrogen-bond donors (Lipinski definition) is 2. The van der Waals surface area contributed by atoms with E-state index in [0.29, 0.717) is 5.82 Å². The monoisotopic (exact) mass is 239 g/mol. The van der Waals surface area contributed by atoms with Gasteiger partial charge in [-0.25, -0.2) is 0 Å². The van der Waals surface area contributed by atoms with Crippen molar-refractivity contribution in [1.29, 1.82) is 0 Å². The van der Waals surface area contributed by atoms with Crippen LogP contribution in [0.25, 0.3) is 11.4 Å². The third-order valence-electron chi connectivity index (χ3n) is 2.34. The van der Waals surface area contributed by atoms with Gasteiger partial charge >= 0.3 is 0 Å². The Morgan fingerprint density at radius 3 is 2.81 bits per heavy atom. The predicted octanol–water partition coefficient (Wildman–Crippen LogP) is 1.49. The lowest BCUT2D eigenvalue weighted by Crippen LogP contribution is -2.23. The van der Waals surface area contributed by atoms with Gasteiger partial charge in [0.1, 0.15) is 6.04 Å². The van der Waals surface area contributed by atoms with Gasteiger partial charge in [0.15, 0.2) is 0 Å². The number of aromatic nitrogens is 2. The quantitative estimate of drug-likeness (QED) is 0.847. The van der Waals surface area contributed by atoms with Gasteiger partial charge in [-0.2, -0.15) is 16.3 Å². The smallest absolute Gasteiger partial charge is 0.246 e. The van der Waals surface area contributed by atoms with E-state index in [2.05, 4.69) is 10.1 Å². The number of aliphatic hydroxyl groups is 1. The van der Waals surface area contributed by atoms with E-state index < -0.39 is 12.1 Å². The summed E-state index contributed by atoms with van der Waals surface area (Å²) in [7, 11) is 0. The fourth-order valence-corrected chi connectivity index (χ4v) is 2.10. The van der Waals surface area contributed by atoms with Crippen LogP contribution in [-0.4, -0.2) is 21.4 Å². The molecule has 2 heterocycles. The molecule has 2 aromatic rings. The molecule has 0 spiro atoms. The standard InChI is InChI=1S/C10H13N3O2S/c1-5-3-16-4-7(5)9-12-10(15-13-9)8(11)6(2)14/h3-4,6,8,14H,11H2,1-2H3. The van der Waals surface area contributed by atoms with Crippen molar-refractivity contribution < 1.29 is 9.63 Å². The first kappa shape index (κ1) is 11.3. The first-order chi connectivity index (χ1) is 7.59. The maximum atomic E-state index is 9.32. The van der Waals surface area contributed by atoms with Crippen molar-refractivity contribution in [2.24, 2.45) is 5.73 Å². The molecular weight excluding hydrogens is 226 g/mol. The van der Waals surface area contributed by atoms with Gasteiger partial charge < -0.3 is 15.4 Å². The van der Waals surface area contributed by atoms with Gasteiger partial charge in [0.05, 0.1) is 6.10 Å². The summed E-state index contributed by atoms with van der Waals surface area (Å²) in [6, 6.07) is -0.639. The van der Waals surface area contributed by atoms with Gasteiger partial charge in [-0.05, 0) is 24.8 Å². The molecule has 0 amide bonds. The summed E-state index contributed by atoms with van der Waals surface area (Å²) < 4.78 is 5.03. The Balaban J connectivity index is 2.30. The SMILES string of the molecule is Cc1cscc1-c1noc(C(N)C(C)O)n1. The van der Waals surface area contributed by atoms with Crippen molar-refractivity contribution >= 4 is 11.3 Å². The Labute approximate surface area is 96.9 Å². The van der Waals surface area contributed by atoms with E-state index in [1.165, 1.54) is 0 Å². The minimum absolute atomic E-state index is 0.260. The van der Waals surface area contributed by atoms with E-state index in [1.54, 1.807) is 18.3 Å². The number of aryl methyl sites for hydroxylation is 1. The molecule has 16 heavy (non-hydrogen) atoms. The molecule has 0 fully saturated rings. The van der Waals surface area contributed by atoms with E-state index in [4.69, 9.17) is 10.3 Å². The molecule has 0 aromatic carbocycles. The van der Waals surface area contributed by atoms with Crippen molar-refractivity contribution in [3.8, 4) is 11.4 Å². The Hall–Kier alpha value is -1.24. The molecule has 86 valence electrons. The van der Waals surface area contributed by atoms with Crippen molar-refractivity contribution in [1.82, 2.24) is 10.1 Å². The topological polar surface area (TPSA) is 85.2 Å². The number of nitrogens with two attached hydrogens (primary N) is 1. The minimum atomic E-state index is -0.711. The Morgan fingerprint density at radius 1 is 1.50 bits per heavy atom. The van der Waals surface area contributed by atoms with Crippen molar-refractivity contribution in [3.63, 3.8) is 0 Å². The number of hydrogen-bond acceptors (Lipinski definition) is 6. The minimum Gasteiger partial charge on any atom is -0.391 e. The van der Waals surface area contributed by atoms with Crippen molar-refractivity contribution in [2.75, 3.05) is 0 Å². The highest BCUT2D eigenvalue weighted by Gasteiger charge is 2.20. The van der Waals surface area contributed by atoms with Gasteiger partial charge in [0.2, 0.25) is 11.7 Å². The molecule has 2 rings (SSSR count). The Kier molecular flexibility index (Phi) is 3.04. The molecule has 0 aliphatic rings.